The van der Waals surface area contributed by atoms with Crippen LogP contribution in [0.25, 0.3) is 0 Å². The minimum Gasteiger partial charge on any atom is -0.348 e. The van der Waals surface area contributed by atoms with E-state index in [9.17, 15) is 18.0 Å². The summed E-state index contributed by atoms with van der Waals surface area (Å²) < 4.78 is 38.5. The molecular weight excluding hydrogens is 341 g/mol. The van der Waals surface area contributed by atoms with Gasteiger partial charge in [0.15, 0.2) is 0 Å². The molecule has 0 aromatic heterocycles. The van der Waals surface area contributed by atoms with Crippen molar-refractivity contribution in [2.24, 2.45) is 0 Å². The topological polar surface area (TPSA) is 32.3 Å². The summed E-state index contributed by atoms with van der Waals surface area (Å²) >= 11 is 0. The van der Waals surface area contributed by atoms with Crippen LogP contribution < -0.4 is 10.2 Å². The van der Waals surface area contributed by atoms with Crippen LogP contribution in [0.4, 0.5) is 24.5 Å². The predicted octanol–water partition coefficient (Wildman–Crippen LogP) is 4.38. The lowest BCUT2D eigenvalue weighted by Gasteiger charge is -2.36. The van der Waals surface area contributed by atoms with Crippen LogP contribution in [0.3, 0.4) is 0 Å². The molecule has 1 unspecified atom stereocenters. The second kappa shape index (κ2) is 6.86. The Balaban J connectivity index is 1.96. The van der Waals surface area contributed by atoms with Crippen molar-refractivity contribution in [1.82, 2.24) is 5.32 Å². The summed E-state index contributed by atoms with van der Waals surface area (Å²) in [6.07, 6.45) is -2.49. The van der Waals surface area contributed by atoms with Gasteiger partial charge in [-0.25, -0.2) is 0 Å². The number of fused-ring (bicyclic) bond motifs is 1. The highest BCUT2D eigenvalue weighted by molar-refractivity contribution is 5.87. The Kier molecular flexibility index (Phi) is 4.76. The second-order valence-corrected chi connectivity index (χ2v) is 6.40. The van der Waals surface area contributed by atoms with Crippen molar-refractivity contribution < 1.29 is 18.0 Å². The van der Waals surface area contributed by atoms with E-state index in [4.69, 9.17) is 0 Å². The molecule has 2 aromatic carbocycles. The summed E-state index contributed by atoms with van der Waals surface area (Å²) in [5.41, 5.74) is 3.05. The van der Waals surface area contributed by atoms with Crippen LogP contribution in [0.15, 0.2) is 55.1 Å². The molecule has 0 aliphatic carbocycles. The zero-order valence-corrected chi connectivity index (χ0v) is 14.3. The number of carbonyl (C=O) groups excluding carboxylic acids is 1. The molecule has 0 radical (unpaired) electrons. The summed E-state index contributed by atoms with van der Waals surface area (Å²) in [6, 6.07) is 10.9. The van der Waals surface area contributed by atoms with E-state index in [1.165, 1.54) is 18.2 Å². The fraction of sp³-hybridized carbons (Fsp3) is 0.250. The van der Waals surface area contributed by atoms with Crippen LogP contribution >= 0.6 is 0 Å². The first-order valence-electron chi connectivity index (χ1n) is 8.25. The molecule has 1 N–H and O–H groups in total. The number of nitrogens with one attached hydrogen (secondary N) is 1. The minimum absolute atomic E-state index is 0.155. The van der Waals surface area contributed by atoms with E-state index in [0.717, 1.165) is 28.9 Å². The number of hydrogen-bond donors (Lipinski definition) is 1. The molecule has 26 heavy (non-hydrogen) atoms. The maximum Gasteiger partial charge on any atom is 0.416 e. The van der Waals surface area contributed by atoms with Crippen LogP contribution in [-0.2, 0) is 17.4 Å². The smallest absolute Gasteiger partial charge is 0.348 e. The van der Waals surface area contributed by atoms with Crippen molar-refractivity contribution in [3.63, 3.8) is 0 Å². The molecule has 1 aliphatic rings. The lowest BCUT2D eigenvalue weighted by Crippen LogP contribution is -2.46. The number of rotatable bonds is 3. The Hall–Kier alpha value is -2.76. The van der Waals surface area contributed by atoms with Gasteiger partial charge in [-0.15, -0.1) is 0 Å². The van der Waals surface area contributed by atoms with Crippen molar-refractivity contribution in [3.8, 4) is 0 Å². The molecular formula is C20H19F3N2O. The highest BCUT2D eigenvalue weighted by Gasteiger charge is 2.31. The highest BCUT2D eigenvalue weighted by Crippen LogP contribution is 2.36. The summed E-state index contributed by atoms with van der Waals surface area (Å²) in [4.78, 5) is 13.6. The van der Waals surface area contributed by atoms with Crippen LogP contribution in [0.2, 0.25) is 0 Å². The fourth-order valence-corrected chi connectivity index (χ4v) is 3.22. The van der Waals surface area contributed by atoms with E-state index < -0.39 is 11.7 Å². The molecule has 1 atom stereocenters. The van der Waals surface area contributed by atoms with Gasteiger partial charge in [0.05, 0.1) is 11.6 Å². The Bertz CT molecular complexity index is 828. The van der Waals surface area contributed by atoms with Crippen molar-refractivity contribution in [2.45, 2.75) is 25.6 Å². The lowest BCUT2D eigenvalue weighted by molar-refractivity contribution is -0.137. The number of anilines is 2. The Morgan fingerprint density at radius 3 is 2.54 bits per heavy atom. The first-order valence-corrected chi connectivity index (χ1v) is 8.25. The molecule has 2 aromatic rings. The molecule has 3 rings (SSSR count). The van der Waals surface area contributed by atoms with Crippen LogP contribution in [0.5, 0.6) is 0 Å². The van der Waals surface area contributed by atoms with Crippen molar-refractivity contribution in [3.05, 3.63) is 71.8 Å². The number of amides is 1. The maximum absolute atomic E-state index is 12.8. The van der Waals surface area contributed by atoms with Crippen LogP contribution in [0.1, 0.15) is 16.7 Å². The summed E-state index contributed by atoms with van der Waals surface area (Å²) in [5.74, 6) is -0.265. The predicted molar refractivity (Wildman–Crippen MR) is 95.5 cm³/mol. The number of nitrogens with zero attached hydrogens (tertiary/aromatic N) is 1. The molecule has 0 bridgehead atoms. The van der Waals surface area contributed by atoms with Gasteiger partial charge in [0.2, 0.25) is 5.91 Å². The van der Waals surface area contributed by atoms with Gasteiger partial charge in [-0.1, -0.05) is 24.3 Å². The normalized spacial score (nSPS) is 16.8. The second-order valence-electron chi connectivity index (χ2n) is 6.40. The molecule has 1 amide bonds. The molecule has 1 aliphatic heterocycles. The van der Waals surface area contributed by atoms with E-state index in [-0.39, 0.29) is 11.9 Å². The standard InChI is InChI=1S/C20H19F3N2O/c1-3-19(26)24-16-11-14-10-13(2)4-9-18(14)25(12-16)17-7-5-15(6-8-17)20(21,22)23/h3-10,16H,1,11-12H2,2H3,(H,24,26). The first-order chi connectivity index (χ1) is 12.3. The van der Waals surface area contributed by atoms with Crippen LogP contribution in [-0.4, -0.2) is 18.5 Å². The first kappa shape index (κ1) is 18.0. The van der Waals surface area contributed by atoms with Crippen molar-refractivity contribution in [2.75, 3.05) is 11.4 Å². The van der Waals surface area contributed by atoms with Gasteiger partial charge in [0.25, 0.3) is 0 Å². The van der Waals surface area contributed by atoms with Gasteiger partial charge in [-0.3, -0.25) is 4.79 Å². The lowest BCUT2D eigenvalue weighted by atomic mass is 9.95. The number of benzene rings is 2. The zero-order chi connectivity index (χ0) is 18.9. The Morgan fingerprint density at radius 2 is 1.92 bits per heavy atom. The molecule has 136 valence electrons. The molecule has 0 saturated heterocycles. The summed E-state index contributed by atoms with van der Waals surface area (Å²) in [5, 5.41) is 2.89. The largest absolute Gasteiger partial charge is 0.416 e. The van der Waals surface area contributed by atoms with E-state index in [1.807, 2.05) is 30.0 Å². The fourth-order valence-electron chi connectivity index (χ4n) is 3.22. The third kappa shape index (κ3) is 3.74. The number of alkyl halides is 3. The van der Waals surface area contributed by atoms with E-state index in [0.29, 0.717) is 18.7 Å². The average Bonchev–Trinajstić information content (AvgIpc) is 2.60. The van der Waals surface area contributed by atoms with Crippen molar-refractivity contribution >= 4 is 17.3 Å². The molecule has 0 saturated carbocycles. The molecule has 0 fully saturated rings. The van der Waals surface area contributed by atoms with Gasteiger partial charge >= 0.3 is 6.18 Å². The number of aryl methyl sites for hydroxylation is 1. The van der Waals surface area contributed by atoms with Gasteiger partial charge in [-0.2, -0.15) is 13.2 Å². The van der Waals surface area contributed by atoms with Gasteiger partial charge in [0, 0.05) is 17.9 Å². The van der Waals surface area contributed by atoms with Gasteiger partial charge in [-0.05, 0) is 55.3 Å². The van der Waals surface area contributed by atoms with E-state index in [1.54, 1.807) is 0 Å². The number of halogens is 3. The maximum atomic E-state index is 12.8. The van der Waals surface area contributed by atoms with Crippen molar-refractivity contribution in [1.29, 1.82) is 0 Å². The number of hydrogen-bond acceptors (Lipinski definition) is 2. The van der Waals surface area contributed by atoms with Gasteiger partial charge < -0.3 is 10.2 Å². The van der Waals surface area contributed by atoms with E-state index in [2.05, 4.69) is 11.9 Å². The quantitative estimate of drug-likeness (QED) is 0.824. The summed E-state index contributed by atoms with van der Waals surface area (Å²) in [7, 11) is 0. The average molecular weight is 360 g/mol. The minimum atomic E-state index is -4.37. The molecule has 0 spiro atoms. The third-order valence-electron chi connectivity index (χ3n) is 4.43. The van der Waals surface area contributed by atoms with Gasteiger partial charge in [0.1, 0.15) is 0 Å². The zero-order valence-electron chi connectivity index (χ0n) is 14.3. The SMILES string of the molecule is C=CC(=O)NC1Cc2cc(C)ccc2N(c2ccc(C(F)(F)F)cc2)C1. The molecule has 3 nitrogen and oxygen atoms in total. The molecule has 6 heteroatoms. The molecule has 1 heterocycles. The highest BCUT2D eigenvalue weighted by atomic mass is 19.4. The van der Waals surface area contributed by atoms with Crippen LogP contribution in [0, 0.1) is 6.92 Å². The monoisotopic (exact) mass is 360 g/mol. The van der Waals surface area contributed by atoms with E-state index >= 15 is 0 Å². The summed E-state index contributed by atoms with van der Waals surface area (Å²) in [6.45, 7) is 5.92. The third-order valence-corrected chi connectivity index (χ3v) is 4.43. The Labute approximate surface area is 150 Å². The Morgan fingerprint density at radius 1 is 1.23 bits per heavy atom. The number of carbonyl (C=O) groups is 1.